The van der Waals surface area contributed by atoms with E-state index in [1.54, 1.807) is 4.68 Å². The molecule has 24 heavy (non-hydrogen) atoms. The van der Waals surface area contributed by atoms with Crippen LogP contribution in [0.2, 0.25) is 0 Å². The molecule has 2 rings (SSSR count). The number of nitrogens with one attached hydrogen (secondary N) is 1. The van der Waals surface area contributed by atoms with Gasteiger partial charge in [-0.25, -0.2) is 0 Å². The molecule has 132 valence electrons. The number of aromatic nitrogens is 4. The van der Waals surface area contributed by atoms with Crippen LogP contribution in [0.4, 0.5) is 13.2 Å². The van der Waals surface area contributed by atoms with Gasteiger partial charge < -0.3 is 5.32 Å². The maximum atomic E-state index is 12.7. The normalized spacial score (nSPS) is 13.1. The Morgan fingerprint density at radius 2 is 2.00 bits per heavy atom. The molecule has 2 heterocycles. The van der Waals surface area contributed by atoms with Gasteiger partial charge in [0.25, 0.3) is 0 Å². The molecule has 0 fully saturated rings. The highest BCUT2D eigenvalue weighted by Crippen LogP contribution is 2.29. The SMILES string of the molecule is CCn1cc(CNC(=O)C(C)n2nc(C(F)(F)F)cc2C)c(C)n1. The summed E-state index contributed by atoms with van der Waals surface area (Å²) in [6.07, 6.45) is -2.70. The topological polar surface area (TPSA) is 64.7 Å². The zero-order chi connectivity index (χ0) is 18.1. The van der Waals surface area contributed by atoms with Crippen LogP contribution in [0.25, 0.3) is 0 Å². The third kappa shape index (κ3) is 3.77. The lowest BCUT2D eigenvalue weighted by molar-refractivity contribution is -0.142. The van der Waals surface area contributed by atoms with Gasteiger partial charge in [-0.05, 0) is 33.8 Å². The molecule has 0 bridgehead atoms. The largest absolute Gasteiger partial charge is 0.435 e. The third-order valence-electron chi connectivity index (χ3n) is 3.78. The van der Waals surface area contributed by atoms with E-state index in [1.165, 1.54) is 13.8 Å². The van der Waals surface area contributed by atoms with Crippen LogP contribution in [0.5, 0.6) is 0 Å². The summed E-state index contributed by atoms with van der Waals surface area (Å²) in [5, 5.41) is 10.5. The summed E-state index contributed by atoms with van der Waals surface area (Å²) in [6.45, 7) is 7.78. The fourth-order valence-electron chi connectivity index (χ4n) is 2.35. The number of aryl methyl sites for hydroxylation is 3. The minimum Gasteiger partial charge on any atom is -0.350 e. The molecule has 0 aromatic carbocycles. The summed E-state index contributed by atoms with van der Waals surface area (Å²) in [6, 6.07) is 0.0850. The summed E-state index contributed by atoms with van der Waals surface area (Å²) in [5.41, 5.74) is 0.949. The van der Waals surface area contributed by atoms with Crippen molar-refractivity contribution in [3.05, 3.63) is 34.9 Å². The molecule has 2 aromatic heterocycles. The number of carbonyl (C=O) groups is 1. The van der Waals surface area contributed by atoms with Crippen LogP contribution in [0, 0.1) is 13.8 Å². The van der Waals surface area contributed by atoms with Gasteiger partial charge in [0.2, 0.25) is 5.91 Å². The molecule has 1 unspecified atom stereocenters. The number of nitrogens with zero attached hydrogens (tertiary/aromatic N) is 4. The lowest BCUT2D eigenvalue weighted by Gasteiger charge is -2.14. The van der Waals surface area contributed by atoms with E-state index in [9.17, 15) is 18.0 Å². The van der Waals surface area contributed by atoms with Crippen LogP contribution in [-0.2, 0) is 24.1 Å². The molecule has 6 nitrogen and oxygen atoms in total. The van der Waals surface area contributed by atoms with Gasteiger partial charge >= 0.3 is 6.18 Å². The lowest BCUT2D eigenvalue weighted by atomic mass is 10.2. The van der Waals surface area contributed by atoms with Crippen molar-refractivity contribution in [2.45, 2.75) is 53.0 Å². The van der Waals surface area contributed by atoms with Crippen LogP contribution in [-0.4, -0.2) is 25.5 Å². The Hall–Kier alpha value is -2.32. The predicted molar refractivity (Wildman–Crippen MR) is 81.2 cm³/mol. The Morgan fingerprint density at radius 1 is 1.33 bits per heavy atom. The first-order chi connectivity index (χ1) is 11.1. The van der Waals surface area contributed by atoms with Crippen molar-refractivity contribution in [2.24, 2.45) is 0 Å². The Kier molecular flexibility index (Phi) is 5.00. The van der Waals surface area contributed by atoms with Crippen molar-refractivity contribution in [2.75, 3.05) is 0 Å². The molecule has 1 atom stereocenters. The Balaban J connectivity index is 2.07. The fourth-order valence-corrected chi connectivity index (χ4v) is 2.35. The molecule has 2 aromatic rings. The maximum absolute atomic E-state index is 12.7. The van der Waals surface area contributed by atoms with Gasteiger partial charge in [-0.15, -0.1) is 0 Å². The van der Waals surface area contributed by atoms with Crippen molar-refractivity contribution >= 4 is 5.91 Å². The van der Waals surface area contributed by atoms with Crippen LogP contribution < -0.4 is 5.32 Å². The molecular weight excluding hydrogens is 323 g/mol. The molecule has 1 N–H and O–H groups in total. The van der Waals surface area contributed by atoms with E-state index >= 15 is 0 Å². The first kappa shape index (κ1) is 18.0. The molecule has 9 heteroatoms. The van der Waals surface area contributed by atoms with Crippen molar-refractivity contribution in [3.63, 3.8) is 0 Å². The summed E-state index contributed by atoms with van der Waals surface area (Å²) in [7, 11) is 0. The maximum Gasteiger partial charge on any atom is 0.435 e. The van der Waals surface area contributed by atoms with Gasteiger partial charge in [0.05, 0.1) is 5.69 Å². The Bertz CT molecular complexity index is 732. The average molecular weight is 343 g/mol. The highest BCUT2D eigenvalue weighted by molar-refractivity contribution is 5.79. The van der Waals surface area contributed by atoms with Crippen LogP contribution in [0.1, 0.15) is 42.5 Å². The van der Waals surface area contributed by atoms with Crippen LogP contribution in [0.3, 0.4) is 0 Å². The standard InChI is InChI=1S/C15H20F3N5O/c1-5-22-8-12(10(3)20-22)7-19-14(24)11(4)23-9(2)6-13(21-23)15(16,17)18/h6,8,11H,5,7H2,1-4H3,(H,19,24). The smallest absolute Gasteiger partial charge is 0.350 e. The fraction of sp³-hybridized carbons (Fsp3) is 0.533. The molecular formula is C15H20F3N5O. The second-order valence-corrected chi connectivity index (χ2v) is 5.60. The molecule has 0 saturated carbocycles. The first-order valence-electron chi connectivity index (χ1n) is 7.57. The van der Waals surface area contributed by atoms with Crippen molar-refractivity contribution < 1.29 is 18.0 Å². The summed E-state index contributed by atoms with van der Waals surface area (Å²) in [4.78, 5) is 12.2. The number of carbonyl (C=O) groups excluding carboxylic acids is 1. The van der Waals surface area contributed by atoms with Crippen molar-refractivity contribution in [1.82, 2.24) is 24.9 Å². The lowest BCUT2D eigenvalue weighted by Crippen LogP contribution is -2.31. The summed E-state index contributed by atoms with van der Waals surface area (Å²) in [5.74, 6) is -0.404. The minimum absolute atomic E-state index is 0.265. The van der Waals surface area contributed by atoms with Crippen molar-refractivity contribution in [3.8, 4) is 0 Å². The molecule has 0 aliphatic carbocycles. The highest BCUT2D eigenvalue weighted by atomic mass is 19.4. The predicted octanol–water partition coefficient (Wildman–Crippen LogP) is 2.61. The van der Waals surface area contributed by atoms with Crippen LogP contribution in [0.15, 0.2) is 12.3 Å². The second kappa shape index (κ2) is 6.66. The summed E-state index contributed by atoms with van der Waals surface area (Å²) < 4.78 is 41.0. The highest BCUT2D eigenvalue weighted by Gasteiger charge is 2.35. The van der Waals surface area contributed by atoms with E-state index < -0.39 is 23.8 Å². The average Bonchev–Trinajstić information content (AvgIpc) is 3.06. The number of alkyl halides is 3. The first-order valence-corrected chi connectivity index (χ1v) is 7.57. The summed E-state index contributed by atoms with van der Waals surface area (Å²) >= 11 is 0. The van der Waals surface area contributed by atoms with Gasteiger partial charge in [-0.3, -0.25) is 14.2 Å². The molecule has 1 amide bonds. The molecule has 0 saturated heterocycles. The zero-order valence-corrected chi connectivity index (χ0v) is 14.0. The van der Waals surface area contributed by atoms with Crippen molar-refractivity contribution in [1.29, 1.82) is 0 Å². The van der Waals surface area contributed by atoms with E-state index in [-0.39, 0.29) is 12.2 Å². The minimum atomic E-state index is -4.53. The van der Waals surface area contributed by atoms with Gasteiger partial charge in [0.1, 0.15) is 6.04 Å². The number of rotatable bonds is 5. The van der Waals surface area contributed by atoms with Crippen LogP contribution >= 0.6 is 0 Å². The second-order valence-electron chi connectivity index (χ2n) is 5.60. The van der Waals surface area contributed by atoms with E-state index in [0.717, 1.165) is 28.6 Å². The number of amides is 1. The number of halogens is 3. The Labute approximate surface area is 137 Å². The third-order valence-corrected chi connectivity index (χ3v) is 3.78. The molecule has 0 aliphatic heterocycles. The number of hydrogen-bond acceptors (Lipinski definition) is 3. The van der Waals surface area contributed by atoms with Gasteiger partial charge in [-0.2, -0.15) is 23.4 Å². The van der Waals surface area contributed by atoms with E-state index in [4.69, 9.17) is 0 Å². The van der Waals surface area contributed by atoms with E-state index in [1.807, 2.05) is 20.0 Å². The molecule has 0 aliphatic rings. The van der Waals surface area contributed by atoms with E-state index in [2.05, 4.69) is 15.5 Å². The monoisotopic (exact) mass is 343 g/mol. The van der Waals surface area contributed by atoms with Gasteiger partial charge in [-0.1, -0.05) is 0 Å². The molecule has 0 radical (unpaired) electrons. The Morgan fingerprint density at radius 3 is 2.50 bits per heavy atom. The molecule has 0 spiro atoms. The zero-order valence-electron chi connectivity index (χ0n) is 14.0. The van der Waals surface area contributed by atoms with Gasteiger partial charge in [0.15, 0.2) is 5.69 Å². The van der Waals surface area contributed by atoms with Gasteiger partial charge in [0, 0.05) is 30.5 Å². The quantitative estimate of drug-likeness (QED) is 0.908. The van der Waals surface area contributed by atoms with E-state index in [0.29, 0.717) is 0 Å². The number of hydrogen-bond donors (Lipinski definition) is 1.